The van der Waals surface area contributed by atoms with E-state index in [1.807, 2.05) is 30.3 Å². The molecule has 2 rings (SSSR count). The van der Waals surface area contributed by atoms with Gasteiger partial charge >= 0.3 is 7.12 Å². The molecule has 1 heterocycles. The van der Waals surface area contributed by atoms with Crippen molar-refractivity contribution in [2.45, 2.75) is 25.8 Å². The van der Waals surface area contributed by atoms with Crippen molar-refractivity contribution in [2.24, 2.45) is 0 Å². The molecule has 0 fully saturated rings. The predicted molar refractivity (Wildman–Crippen MR) is 84.5 cm³/mol. The minimum Gasteiger partial charge on any atom is -0.426 e. The molecule has 0 unspecified atom stereocenters. The van der Waals surface area contributed by atoms with Crippen LogP contribution >= 0.6 is 0 Å². The first-order chi connectivity index (χ1) is 11.0. The number of amides is 1. The fraction of sp³-hybridized carbons (Fsp3) is 0.267. The van der Waals surface area contributed by atoms with E-state index in [9.17, 15) is 19.6 Å². The summed E-state index contributed by atoms with van der Waals surface area (Å²) in [5.41, 5.74) is 1.25. The average Bonchev–Trinajstić information content (AvgIpc) is 2.96. The Morgan fingerprint density at radius 3 is 2.57 bits per heavy atom. The van der Waals surface area contributed by atoms with Gasteiger partial charge in [0.1, 0.15) is 0 Å². The second kappa shape index (κ2) is 7.71. The molecule has 0 aliphatic carbocycles. The topological polar surface area (TPSA) is 104 Å². The number of aromatic nitrogens is 2. The largest absolute Gasteiger partial charge is 0.477 e. The first-order valence-electron chi connectivity index (χ1n) is 7.18. The Labute approximate surface area is 134 Å². The van der Waals surface area contributed by atoms with Crippen molar-refractivity contribution in [1.29, 1.82) is 0 Å². The van der Waals surface area contributed by atoms with E-state index < -0.39 is 13.1 Å². The number of Topliss-reactive ketones (excluding diaryl/α,β-unsaturated/α-hetero) is 1. The van der Waals surface area contributed by atoms with Crippen molar-refractivity contribution >= 4 is 18.8 Å². The Morgan fingerprint density at radius 2 is 2.00 bits per heavy atom. The molecule has 1 amide bonds. The molecule has 8 heteroatoms. The molecule has 1 aromatic heterocycles. The molecule has 0 saturated carbocycles. The van der Waals surface area contributed by atoms with Crippen LogP contribution in [0.25, 0.3) is 0 Å². The fourth-order valence-corrected chi connectivity index (χ4v) is 2.10. The van der Waals surface area contributed by atoms with Crippen molar-refractivity contribution < 1.29 is 19.6 Å². The lowest BCUT2D eigenvalue weighted by molar-refractivity contribution is -0.120. The number of hydrogen-bond acceptors (Lipinski definition) is 5. The summed E-state index contributed by atoms with van der Waals surface area (Å²) in [5, 5.41) is 25.4. The van der Waals surface area contributed by atoms with Crippen molar-refractivity contribution in [3.63, 3.8) is 0 Å². The van der Waals surface area contributed by atoms with Crippen molar-refractivity contribution in [3.05, 3.63) is 53.9 Å². The monoisotopic (exact) mass is 315 g/mol. The van der Waals surface area contributed by atoms with Gasteiger partial charge in [-0.1, -0.05) is 30.3 Å². The quantitative estimate of drug-likeness (QED) is 0.486. The smallest absolute Gasteiger partial charge is 0.426 e. The third-order valence-electron chi connectivity index (χ3n) is 3.34. The number of ketones is 1. The van der Waals surface area contributed by atoms with Crippen LogP contribution in [0.1, 0.15) is 22.8 Å². The van der Waals surface area contributed by atoms with E-state index in [0.717, 1.165) is 5.56 Å². The number of rotatable bonds is 7. The molecule has 120 valence electrons. The van der Waals surface area contributed by atoms with E-state index in [4.69, 9.17) is 0 Å². The summed E-state index contributed by atoms with van der Waals surface area (Å²) >= 11 is 0. The van der Waals surface area contributed by atoms with Crippen LogP contribution in [0.4, 0.5) is 0 Å². The first kappa shape index (κ1) is 16.9. The van der Waals surface area contributed by atoms with Crippen molar-refractivity contribution in [1.82, 2.24) is 15.1 Å². The van der Waals surface area contributed by atoms with E-state index in [2.05, 4.69) is 10.4 Å². The Morgan fingerprint density at radius 1 is 1.30 bits per heavy atom. The number of nitrogens with one attached hydrogen (secondary N) is 1. The Bertz CT molecular complexity index is 672. The standard InChI is InChI=1S/C15H18BN3O4/c1-11(20)13-8-17-19(9-13)10-14(16(22)23)18-15(21)7-12-5-3-2-4-6-12/h2-6,8-9,14,22-23H,7,10H2,1H3,(H,18,21)/t14-/m1/s1. The lowest BCUT2D eigenvalue weighted by Crippen LogP contribution is -2.49. The van der Waals surface area contributed by atoms with Crippen LogP contribution in [-0.2, 0) is 17.8 Å². The second-order valence-corrected chi connectivity index (χ2v) is 5.26. The molecule has 2 aromatic rings. The molecule has 0 aliphatic heterocycles. The van der Waals surface area contributed by atoms with Crippen LogP contribution in [0.5, 0.6) is 0 Å². The van der Waals surface area contributed by atoms with Crippen LogP contribution in [0.2, 0.25) is 0 Å². The minimum atomic E-state index is -1.74. The lowest BCUT2D eigenvalue weighted by Gasteiger charge is -2.17. The summed E-state index contributed by atoms with van der Waals surface area (Å²) in [5.74, 6) is -1.38. The number of carbonyl (C=O) groups is 2. The summed E-state index contributed by atoms with van der Waals surface area (Å²) in [7, 11) is -1.74. The van der Waals surface area contributed by atoms with Gasteiger partial charge in [-0.25, -0.2) is 0 Å². The van der Waals surface area contributed by atoms with E-state index in [-0.39, 0.29) is 24.7 Å². The molecule has 7 nitrogen and oxygen atoms in total. The van der Waals surface area contributed by atoms with Crippen LogP contribution in [0.15, 0.2) is 42.7 Å². The van der Waals surface area contributed by atoms with Gasteiger partial charge in [0.2, 0.25) is 5.91 Å². The van der Waals surface area contributed by atoms with E-state index >= 15 is 0 Å². The third-order valence-corrected chi connectivity index (χ3v) is 3.34. The second-order valence-electron chi connectivity index (χ2n) is 5.26. The third kappa shape index (κ3) is 5.05. The maximum Gasteiger partial charge on any atom is 0.477 e. The summed E-state index contributed by atoms with van der Waals surface area (Å²) in [6, 6.07) is 9.14. The fourth-order valence-electron chi connectivity index (χ4n) is 2.10. The van der Waals surface area contributed by atoms with Gasteiger partial charge in [-0.15, -0.1) is 0 Å². The van der Waals surface area contributed by atoms with Gasteiger partial charge in [-0.2, -0.15) is 5.10 Å². The van der Waals surface area contributed by atoms with Crippen LogP contribution in [0.3, 0.4) is 0 Å². The van der Waals surface area contributed by atoms with Gasteiger partial charge in [0, 0.05) is 6.20 Å². The van der Waals surface area contributed by atoms with Gasteiger partial charge in [0.25, 0.3) is 0 Å². The zero-order valence-corrected chi connectivity index (χ0v) is 12.7. The van der Waals surface area contributed by atoms with Gasteiger partial charge in [-0.05, 0) is 12.5 Å². The molecule has 1 aromatic carbocycles. The summed E-state index contributed by atoms with van der Waals surface area (Å²) in [6.07, 6.45) is 3.04. The average molecular weight is 315 g/mol. The maximum atomic E-state index is 12.0. The molecule has 0 saturated heterocycles. The molecule has 23 heavy (non-hydrogen) atoms. The van der Waals surface area contributed by atoms with Gasteiger partial charge < -0.3 is 15.4 Å². The Kier molecular flexibility index (Phi) is 5.67. The number of carbonyl (C=O) groups excluding carboxylic acids is 2. The van der Waals surface area contributed by atoms with Gasteiger partial charge in [0.05, 0.1) is 30.7 Å². The van der Waals surface area contributed by atoms with Crippen LogP contribution < -0.4 is 5.32 Å². The molecule has 0 bridgehead atoms. The number of hydrogen-bond donors (Lipinski definition) is 3. The molecule has 1 atom stereocenters. The molecule has 0 aliphatic rings. The Hall–Kier alpha value is -2.45. The van der Waals surface area contributed by atoms with E-state index in [1.54, 1.807) is 0 Å². The molecule has 3 N–H and O–H groups in total. The zero-order chi connectivity index (χ0) is 16.8. The number of nitrogens with zero attached hydrogens (tertiary/aromatic N) is 2. The molecule has 0 spiro atoms. The van der Waals surface area contributed by atoms with E-state index in [1.165, 1.54) is 24.0 Å². The predicted octanol–water partition coefficient (Wildman–Crippen LogP) is -0.175. The summed E-state index contributed by atoms with van der Waals surface area (Å²) < 4.78 is 1.39. The Balaban J connectivity index is 1.97. The van der Waals surface area contributed by atoms with Gasteiger partial charge in [-0.3, -0.25) is 14.3 Å². The number of benzene rings is 1. The molecular formula is C15H18BN3O4. The molecule has 0 radical (unpaired) electrons. The van der Waals surface area contributed by atoms with Crippen LogP contribution in [0, 0.1) is 0 Å². The van der Waals surface area contributed by atoms with Crippen molar-refractivity contribution in [3.8, 4) is 0 Å². The summed E-state index contributed by atoms with van der Waals surface area (Å²) in [6.45, 7) is 1.47. The SMILES string of the molecule is CC(=O)c1cnn(C[C@@H](NC(=O)Cc2ccccc2)B(O)O)c1. The minimum absolute atomic E-state index is 0.0471. The van der Waals surface area contributed by atoms with E-state index in [0.29, 0.717) is 5.56 Å². The highest BCUT2D eigenvalue weighted by molar-refractivity contribution is 6.43. The highest BCUT2D eigenvalue weighted by Gasteiger charge is 2.26. The zero-order valence-electron chi connectivity index (χ0n) is 12.7. The van der Waals surface area contributed by atoms with Crippen LogP contribution in [-0.4, -0.2) is 44.6 Å². The normalized spacial score (nSPS) is 11.8. The first-order valence-corrected chi connectivity index (χ1v) is 7.18. The maximum absolute atomic E-state index is 12.0. The molecular weight excluding hydrogens is 297 g/mol. The van der Waals surface area contributed by atoms with Gasteiger partial charge in [0.15, 0.2) is 5.78 Å². The highest BCUT2D eigenvalue weighted by atomic mass is 16.4. The van der Waals surface area contributed by atoms with Crippen molar-refractivity contribution in [2.75, 3.05) is 0 Å². The summed E-state index contributed by atoms with van der Waals surface area (Å²) in [4.78, 5) is 23.3. The highest BCUT2D eigenvalue weighted by Crippen LogP contribution is 2.03. The lowest BCUT2D eigenvalue weighted by atomic mass is 9.79.